The van der Waals surface area contributed by atoms with Gasteiger partial charge in [0.05, 0.1) is 18.4 Å². The van der Waals surface area contributed by atoms with Crippen LogP contribution in [-0.4, -0.2) is 22.5 Å². The average Bonchev–Trinajstić information content (AvgIpc) is 3.23. The van der Waals surface area contributed by atoms with Gasteiger partial charge in [0.1, 0.15) is 5.65 Å². The molecule has 4 rings (SSSR count). The predicted octanol–water partition coefficient (Wildman–Crippen LogP) is 3.02. The Bertz CT molecular complexity index is 945. The molecular weight excluding hydrogens is 304 g/mol. The number of ether oxygens (including phenoxy) is 1. The number of nitrogen functional groups attached to an aromatic ring is 1. The summed E-state index contributed by atoms with van der Waals surface area (Å²) in [5.74, 6) is -0.0480. The third kappa shape index (κ3) is 2.58. The number of nitrogens with zero attached hydrogens (tertiary/aromatic N) is 1. The molecule has 1 unspecified atom stereocenters. The summed E-state index contributed by atoms with van der Waals surface area (Å²) >= 11 is 0. The second-order valence-electron chi connectivity index (χ2n) is 5.71. The number of carbonyl (C=O) groups excluding carboxylic acids is 1. The first-order valence-electron chi connectivity index (χ1n) is 7.63. The standard InChI is InChI=1S/C18H16N4O2/c19-13-2-1-3-14(7-13)22-18(23)12-6-15-16(11-4-5-24-10-11)9-21-17(15)20-8-12/h1-9,11H,10,19H2,(H,20,21)(H,22,23). The SMILES string of the molecule is Nc1cccc(NC(=O)c2cnc3[nH]cc(C4C=COC4)c3c2)c1. The van der Waals surface area contributed by atoms with E-state index >= 15 is 0 Å². The van der Waals surface area contributed by atoms with E-state index in [1.165, 1.54) is 0 Å². The van der Waals surface area contributed by atoms with Crippen molar-refractivity contribution in [3.05, 3.63) is 66.2 Å². The monoisotopic (exact) mass is 320 g/mol. The van der Waals surface area contributed by atoms with Gasteiger partial charge in [-0.1, -0.05) is 6.07 Å². The molecule has 24 heavy (non-hydrogen) atoms. The molecule has 2 aromatic heterocycles. The topological polar surface area (TPSA) is 93.0 Å². The van der Waals surface area contributed by atoms with Crippen LogP contribution in [0.5, 0.6) is 0 Å². The molecule has 6 heteroatoms. The molecule has 1 aliphatic heterocycles. The van der Waals surface area contributed by atoms with Gasteiger partial charge in [0.15, 0.2) is 0 Å². The van der Waals surface area contributed by atoms with Crippen LogP contribution in [0, 0.1) is 0 Å². The van der Waals surface area contributed by atoms with Gasteiger partial charge in [-0.2, -0.15) is 0 Å². The molecule has 1 aromatic carbocycles. The Morgan fingerprint density at radius 1 is 1.38 bits per heavy atom. The maximum absolute atomic E-state index is 12.5. The van der Waals surface area contributed by atoms with Crippen molar-refractivity contribution in [1.29, 1.82) is 0 Å². The number of nitrogens with two attached hydrogens (primary N) is 1. The number of hydrogen-bond acceptors (Lipinski definition) is 4. The highest BCUT2D eigenvalue weighted by atomic mass is 16.5. The smallest absolute Gasteiger partial charge is 0.257 e. The fourth-order valence-corrected chi connectivity index (χ4v) is 2.83. The van der Waals surface area contributed by atoms with Gasteiger partial charge in [0.25, 0.3) is 5.91 Å². The fraction of sp³-hybridized carbons (Fsp3) is 0.111. The molecule has 1 aliphatic rings. The van der Waals surface area contributed by atoms with Crippen molar-refractivity contribution in [1.82, 2.24) is 9.97 Å². The van der Waals surface area contributed by atoms with Crippen LogP contribution in [0.3, 0.4) is 0 Å². The molecule has 0 radical (unpaired) electrons. The minimum Gasteiger partial charge on any atom is -0.501 e. The minimum absolute atomic E-state index is 0.174. The zero-order valence-electron chi connectivity index (χ0n) is 12.8. The van der Waals surface area contributed by atoms with Gasteiger partial charge >= 0.3 is 0 Å². The molecule has 0 fully saturated rings. The Morgan fingerprint density at radius 2 is 2.29 bits per heavy atom. The Hall–Kier alpha value is -3.28. The van der Waals surface area contributed by atoms with E-state index in [9.17, 15) is 4.79 Å². The second kappa shape index (κ2) is 5.73. The number of fused-ring (bicyclic) bond motifs is 1. The molecule has 0 saturated heterocycles. The first-order chi connectivity index (χ1) is 11.7. The molecule has 3 heterocycles. The van der Waals surface area contributed by atoms with E-state index in [1.807, 2.05) is 18.3 Å². The van der Waals surface area contributed by atoms with Crippen molar-refractivity contribution in [2.75, 3.05) is 17.7 Å². The Balaban J connectivity index is 1.65. The number of benzene rings is 1. The third-order valence-corrected chi connectivity index (χ3v) is 4.05. The van der Waals surface area contributed by atoms with Crippen molar-refractivity contribution < 1.29 is 9.53 Å². The highest BCUT2D eigenvalue weighted by Crippen LogP contribution is 2.29. The number of rotatable bonds is 3. The predicted molar refractivity (Wildman–Crippen MR) is 92.7 cm³/mol. The van der Waals surface area contributed by atoms with Crippen LogP contribution in [0.15, 0.2) is 55.1 Å². The van der Waals surface area contributed by atoms with Crippen molar-refractivity contribution in [3.8, 4) is 0 Å². The summed E-state index contributed by atoms with van der Waals surface area (Å²) in [5.41, 5.74) is 9.31. The van der Waals surface area contributed by atoms with Crippen LogP contribution >= 0.6 is 0 Å². The molecule has 0 bridgehead atoms. The Kier molecular flexibility index (Phi) is 3.42. The van der Waals surface area contributed by atoms with Crippen molar-refractivity contribution in [2.24, 2.45) is 0 Å². The maximum Gasteiger partial charge on any atom is 0.257 e. The van der Waals surface area contributed by atoms with Crippen molar-refractivity contribution in [3.63, 3.8) is 0 Å². The number of anilines is 2. The van der Waals surface area contributed by atoms with E-state index in [-0.39, 0.29) is 11.8 Å². The largest absolute Gasteiger partial charge is 0.501 e. The van der Waals surface area contributed by atoms with Gasteiger partial charge in [-0.3, -0.25) is 4.79 Å². The first kappa shape index (κ1) is 14.3. The number of carbonyl (C=O) groups is 1. The van der Waals surface area contributed by atoms with Crippen LogP contribution in [-0.2, 0) is 4.74 Å². The highest BCUT2D eigenvalue weighted by Gasteiger charge is 2.19. The molecular formula is C18H16N4O2. The lowest BCUT2D eigenvalue weighted by molar-refractivity contribution is 0.102. The number of H-pyrrole nitrogens is 1. The molecule has 1 amide bonds. The summed E-state index contributed by atoms with van der Waals surface area (Å²) in [4.78, 5) is 20.0. The molecule has 120 valence electrons. The first-order valence-corrected chi connectivity index (χ1v) is 7.63. The fourth-order valence-electron chi connectivity index (χ4n) is 2.83. The summed E-state index contributed by atoms with van der Waals surface area (Å²) in [6.45, 7) is 0.604. The highest BCUT2D eigenvalue weighted by molar-refractivity contribution is 6.06. The Labute approximate surface area is 138 Å². The van der Waals surface area contributed by atoms with Crippen LogP contribution in [0.25, 0.3) is 11.0 Å². The van der Waals surface area contributed by atoms with Gasteiger partial charge in [0, 0.05) is 35.1 Å². The number of pyridine rings is 1. The molecule has 0 saturated carbocycles. The molecule has 3 aromatic rings. The summed E-state index contributed by atoms with van der Waals surface area (Å²) in [6.07, 6.45) is 7.18. The van der Waals surface area contributed by atoms with Crippen LogP contribution in [0.2, 0.25) is 0 Å². The summed E-state index contributed by atoms with van der Waals surface area (Å²) in [7, 11) is 0. The number of amides is 1. The number of nitrogens with one attached hydrogen (secondary N) is 2. The summed E-state index contributed by atoms with van der Waals surface area (Å²) in [6, 6.07) is 8.92. The molecule has 0 spiro atoms. The number of aromatic amines is 1. The zero-order chi connectivity index (χ0) is 16.5. The Morgan fingerprint density at radius 3 is 3.08 bits per heavy atom. The van der Waals surface area contributed by atoms with E-state index in [0.29, 0.717) is 23.5 Å². The van der Waals surface area contributed by atoms with E-state index in [0.717, 1.165) is 16.6 Å². The average molecular weight is 320 g/mol. The van der Waals surface area contributed by atoms with E-state index in [4.69, 9.17) is 10.5 Å². The second-order valence-corrected chi connectivity index (χ2v) is 5.71. The minimum atomic E-state index is -0.222. The maximum atomic E-state index is 12.5. The van der Waals surface area contributed by atoms with Crippen LogP contribution in [0.4, 0.5) is 11.4 Å². The van der Waals surface area contributed by atoms with Crippen molar-refractivity contribution >= 4 is 28.3 Å². The van der Waals surface area contributed by atoms with Gasteiger partial charge < -0.3 is 20.8 Å². The number of hydrogen-bond donors (Lipinski definition) is 3. The van der Waals surface area contributed by atoms with Gasteiger partial charge in [-0.05, 0) is 35.9 Å². The van der Waals surface area contributed by atoms with E-state index in [1.54, 1.807) is 36.7 Å². The van der Waals surface area contributed by atoms with Crippen LogP contribution in [0.1, 0.15) is 21.8 Å². The molecule has 6 nitrogen and oxygen atoms in total. The molecule has 4 N–H and O–H groups in total. The zero-order valence-corrected chi connectivity index (χ0v) is 12.8. The van der Waals surface area contributed by atoms with E-state index in [2.05, 4.69) is 15.3 Å². The third-order valence-electron chi connectivity index (χ3n) is 4.05. The van der Waals surface area contributed by atoms with E-state index < -0.39 is 0 Å². The van der Waals surface area contributed by atoms with Gasteiger partial charge in [-0.25, -0.2) is 4.98 Å². The summed E-state index contributed by atoms with van der Waals surface area (Å²) in [5, 5.41) is 3.76. The van der Waals surface area contributed by atoms with Gasteiger partial charge in [0.2, 0.25) is 0 Å². The molecule has 0 aliphatic carbocycles. The quantitative estimate of drug-likeness (QED) is 0.647. The van der Waals surface area contributed by atoms with Crippen LogP contribution < -0.4 is 11.1 Å². The lowest BCUT2D eigenvalue weighted by Gasteiger charge is -2.07. The lowest BCUT2D eigenvalue weighted by atomic mass is 10.0. The number of aromatic nitrogens is 2. The normalized spacial score (nSPS) is 16.2. The van der Waals surface area contributed by atoms with Gasteiger partial charge in [-0.15, -0.1) is 0 Å². The summed E-state index contributed by atoms with van der Waals surface area (Å²) < 4.78 is 5.29. The molecule has 1 atom stereocenters. The van der Waals surface area contributed by atoms with Crippen molar-refractivity contribution in [2.45, 2.75) is 5.92 Å². The lowest BCUT2D eigenvalue weighted by Crippen LogP contribution is -2.12.